The van der Waals surface area contributed by atoms with Crippen molar-refractivity contribution in [3.63, 3.8) is 0 Å². The lowest BCUT2D eigenvalue weighted by molar-refractivity contribution is 0.0268. The molecular formula is C14H24N2O2. The first-order valence-corrected chi connectivity index (χ1v) is 6.72. The van der Waals surface area contributed by atoms with Gasteiger partial charge in [-0.1, -0.05) is 0 Å². The topological polar surface area (TPSA) is 46.4 Å². The van der Waals surface area contributed by atoms with Gasteiger partial charge < -0.3 is 19.7 Å². The minimum Gasteiger partial charge on any atom is -0.386 e. The van der Waals surface area contributed by atoms with E-state index in [4.69, 9.17) is 4.74 Å². The summed E-state index contributed by atoms with van der Waals surface area (Å²) in [6.07, 6.45) is 0.730. The van der Waals surface area contributed by atoms with Gasteiger partial charge in [0.1, 0.15) is 5.60 Å². The van der Waals surface area contributed by atoms with E-state index in [-0.39, 0.29) is 0 Å². The van der Waals surface area contributed by atoms with E-state index >= 15 is 0 Å². The zero-order valence-electron chi connectivity index (χ0n) is 11.6. The van der Waals surface area contributed by atoms with Gasteiger partial charge in [0, 0.05) is 44.0 Å². The minimum absolute atomic E-state index is 0.452. The third-order valence-corrected chi connectivity index (χ3v) is 3.85. The molecule has 0 bridgehead atoms. The molecule has 1 saturated heterocycles. The van der Waals surface area contributed by atoms with Crippen LogP contribution in [0.1, 0.15) is 30.3 Å². The van der Waals surface area contributed by atoms with E-state index in [1.807, 2.05) is 0 Å². The SMILES string of the molecule is CCn1c(C)cc(CNCC2(O)CCOC2)c1C. The Morgan fingerprint density at radius 1 is 1.50 bits per heavy atom. The summed E-state index contributed by atoms with van der Waals surface area (Å²) in [4.78, 5) is 0. The van der Waals surface area contributed by atoms with E-state index < -0.39 is 5.60 Å². The van der Waals surface area contributed by atoms with Crippen LogP contribution in [0.25, 0.3) is 0 Å². The second kappa shape index (κ2) is 5.43. The van der Waals surface area contributed by atoms with Crippen LogP contribution in [-0.2, 0) is 17.8 Å². The number of hydrogen-bond donors (Lipinski definition) is 2. The number of ether oxygens (including phenoxy) is 1. The molecule has 1 fully saturated rings. The highest BCUT2D eigenvalue weighted by atomic mass is 16.5. The van der Waals surface area contributed by atoms with Crippen LogP contribution >= 0.6 is 0 Å². The molecule has 2 N–H and O–H groups in total. The summed E-state index contributed by atoms with van der Waals surface area (Å²) in [6, 6.07) is 2.22. The van der Waals surface area contributed by atoms with Gasteiger partial charge in [-0.3, -0.25) is 0 Å². The predicted octanol–water partition coefficient (Wildman–Crippen LogP) is 1.37. The number of nitrogens with one attached hydrogen (secondary N) is 1. The molecule has 102 valence electrons. The molecule has 0 aliphatic carbocycles. The van der Waals surface area contributed by atoms with Crippen LogP contribution in [0.4, 0.5) is 0 Å². The van der Waals surface area contributed by atoms with Crippen molar-refractivity contribution < 1.29 is 9.84 Å². The van der Waals surface area contributed by atoms with Crippen molar-refractivity contribution in [1.82, 2.24) is 9.88 Å². The van der Waals surface area contributed by atoms with Gasteiger partial charge in [-0.2, -0.15) is 0 Å². The van der Waals surface area contributed by atoms with Crippen molar-refractivity contribution >= 4 is 0 Å². The molecule has 4 nitrogen and oxygen atoms in total. The molecule has 0 amide bonds. The molecule has 0 spiro atoms. The zero-order chi connectivity index (χ0) is 13.2. The normalized spacial score (nSPS) is 23.8. The number of aryl methyl sites for hydroxylation is 1. The van der Waals surface area contributed by atoms with Crippen LogP contribution < -0.4 is 5.32 Å². The van der Waals surface area contributed by atoms with Crippen molar-refractivity contribution in [2.45, 2.75) is 45.9 Å². The van der Waals surface area contributed by atoms with Crippen molar-refractivity contribution in [3.8, 4) is 0 Å². The maximum Gasteiger partial charge on any atom is 0.102 e. The first kappa shape index (κ1) is 13.6. The van der Waals surface area contributed by atoms with Crippen LogP contribution in [0.5, 0.6) is 0 Å². The summed E-state index contributed by atoms with van der Waals surface area (Å²) < 4.78 is 7.54. The average Bonchev–Trinajstić information content (AvgIpc) is 2.85. The molecule has 1 unspecified atom stereocenters. The zero-order valence-corrected chi connectivity index (χ0v) is 11.6. The molecule has 1 aliphatic rings. The summed E-state index contributed by atoms with van der Waals surface area (Å²) >= 11 is 0. The summed E-state index contributed by atoms with van der Waals surface area (Å²) in [5, 5.41) is 13.5. The fourth-order valence-electron chi connectivity index (χ4n) is 2.70. The van der Waals surface area contributed by atoms with Crippen molar-refractivity contribution in [1.29, 1.82) is 0 Å². The van der Waals surface area contributed by atoms with Gasteiger partial charge in [-0.05, 0) is 32.4 Å². The summed E-state index contributed by atoms with van der Waals surface area (Å²) in [5.41, 5.74) is 3.26. The highest BCUT2D eigenvalue weighted by molar-refractivity contribution is 5.26. The van der Waals surface area contributed by atoms with Crippen LogP contribution in [-0.4, -0.2) is 35.0 Å². The van der Waals surface area contributed by atoms with E-state index in [0.717, 1.165) is 19.5 Å². The average molecular weight is 252 g/mol. The maximum atomic E-state index is 10.2. The van der Waals surface area contributed by atoms with Crippen molar-refractivity contribution in [3.05, 3.63) is 23.0 Å². The van der Waals surface area contributed by atoms with Crippen LogP contribution in [0, 0.1) is 13.8 Å². The van der Waals surface area contributed by atoms with Crippen LogP contribution in [0.2, 0.25) is 0 Å². The molecule has 4 heteroatoms. The lowest BCUT2D eigenvalue weighted by atomic mass is 10.0. The van der Waals surface area contributed by atoms with Crippen molar-refractivity contribution in [2.75, 3.05) is 19.8 Å². The van der Waals surface area contributed by atoms with Crippen molar-refractivity contribution in [2.24, 2.45) is 0 Å². The largest absolute Gasteiger partial charge is 0.386 e. The van der Waals surface area contributed by atoms with Gasteiger partial charge in [0.25, 0.3) is 0 Å². The number of aliphatic hydroxyl groups is 1. The van der Waals surface area contributed by atoms with E-state index in [1.165, 1.54) is 17.0 Å². The molecular weight excluding hydrogens is 228 g/mol. The quantitative estimate of drug-likeness (QED) is 0.832. The Labute approximate surface area is 109 Å². The Kier molecular flexibility index (Phi) is 4.10. The third-order valence-electron chi connectivity index (χ3n) is 3.85. The van der Waals surface area contributed by atoms with E-state index in [2.05, 4.69) is 36.7 Å². The van der Waals surface area contributed by atoms with Crippen LogP contribution in [0.15, 0.2) is 6.07 Å². The Morgan fingerprint density at radius 3 is 2.83 bits per heavy atom. The fourth-order valence-corrected chi connectivity index (χ4v) is 2.70. The Bertz CT molecular complexity index is 406. The summed E-state index contributed by atoms with van der Waals surface area (Å²) in [5.74, 6) is 0. The van der Waals surface area contributed by atoms with Crippen LogP contribution in [0.3, 0.4) is 0 Å². The van der Waals surface area contributed by atoms with Gasteiger partial charge in [-0.25, -0.2) is 0 Å². The molecule has 2 heterocycles. The molecule has 1 atom stereocenters. The van der Waals surface area contributed by atoms with E-state index in [1.54, 1.807) is 0 Å². The monoisotopic (exact) mass is 252 g/mol. The Morgan fingerprint density at radius 2 is 2.28 bits per heavy atom. The molecule has 1 aromatic heterocycles. The lowest BCUT2D eigenvalue weighted by Gasteiger charge is -2.20. The minimum atomic E-state index is -0.670. The standard InChI is InChI=1S/C14H24N2O2/c1-4-16-11(2)7-13(12(16)3)8-15-9-14(17)5-6-18-10-14/h7,15,17H,4-6,8-10H2,1-3H3. The molecule has 18 heavy (non-hydrogen) atoms. The molecule has 0 aromatic carbocycles. The molecule has 2 rings (SSSR count). The number of nitrogens with zero attached hydrogens (tertiary/aromatic N) is 1. The second-order valence-electron chi connectivity index (χ2n) is 5.27. The van der Waals surface area contributed by atoms with E-state index in [9.17, 15) is 5.11 Å². The summed E-state index contributed by atoms with van der Waals surface area (Å²) in [7, 11) is 0. The van der Waals surface area contributed by atoms with Gasteiger partial charge in [0.2, 0.25) is 0 Å². The van der Waals surface area contributed by atoms with Gasteiger partial charge >= 0.3 is 0 Å². The fraction of sp³-hybridized carbons (Fsp3) is 0.714. The summed E-state index contributed by atoms with van der Waals surface area (Å²) in [6.45, 7) is 9.99. The smallest absolute Gasteiger partial charge is 0.102 e. The first-order valence-electron chi connectivity index (χ1n) is 6.72. The predicted molar refractivity (Wildman–Crippen MR) is 71.7 cm³/mol. The molecule has 0 radical (unpaired) electrons. The highest BCUT2D eigenvalue weighted by Gasteiger charge is 2.31. The highest BCUT2D eigenvalue weighted by Crippen LogP contribution is 2.18. The second-order valence-corrected chi connectivity index (χ2v) is 5.27. The van der Waals surface area contributed by atoms with Gasteiger partial charge in [0.15, 0.2) is 0 Å². The Balaban J connectivity index is 1.90. The maximum absolute atomic E-state index is 10.2. The molecule has 0 saturated carbocycles. The Hall–Kier alpha value is -0.840. The lowest BCUT2D eigenvalue weighted by Crippen LogP contribution is -2.40. The number of aromatic nitrogens is 1. The van der Waals surface area contributed by atoms with E-state index in [0.29, 0.717) is 19.8 Å². The molecule has 1 aliphatic heterocycles. The first-order chi connectivity index (χ1) is 8.56. The van der Waals surface area contributed by atoms with Gasteiger partial charge in [-0.15, -0.1) is 0 Å². The third kappa shape index (κ3) is 2.76. The number of rotatable bonds is 5. The number of hydrogen-bond acceptors (Lipinski definition) is 3. The van der Waals surface area contributed by atoms with Gasteiger partial charge in [0.05, 0.1) is 6.61 Å². The molecule has 1 aromatic rings.